The molecule has 1 N–H and O–H groups in total. The molecule has 178 valence electrons. The molecule has 0 aliphatic carbocycles. The number of aromatic nitrogens is 1. The van der Waals surface area contributed by atoms with Crippen molar-refractivity contribution in [3.63, 3.8) is 0 Å². The number of hydrogen-bond acceptors (Lipinski definition) is 5. The summed E-state index contributed by atoms with van der Waals surface area (Å²) in [5.41, 5.74) is 1.35. The summed E-state index contributed by atoms with van der Waals surface area (Å²) in [5.74, 6) is 0.150. The zero-order chi connectivity index (χ0) is 24.2. The first-order valence-corrected chi connectivity index (χ1v) is 11.6. The summed E-state index contributed by atoms with van der Waals surface area (Å²) in [7, 11) is 0. The van der Waals surface area contributed by atoms with Crippen LogP contribution in [0.3, 0.4) is 0 Å². The van der Waals surface area contributed by atoms with Crippen LogP contribution in [0.5, 0.6) is 0 Å². The molecule has 2 fully saturated rings. The number of hydrogen-bond donors (Lipinski definition) is 1. The van der Waals surface area contributed by atoms with Crippen molar-refractivity contribution in [3.05, 3.63) is 59.5 Å². The van der Waals surface area contributed by atoms with Crippen molar-refractivity contribution in [1.29, 1.82) is 5.26 Å². The van der Waals surface area contributed by atoms with E-state index >= 15 is 0 Å². The molecule has 0 unspecified atom stereocenters. The number of carbonyl (C=O) groups excluding carboxylic acids is 1. The van der Waals surface area contributed by atoms with Crippen LogP contribution in [-0.4, -0.2) is 70.7 Å². The van der Waals surface area contributed by atoms with Gasteiger partial charge < -0.3 is 19.8 Å². The van der Waals surface area contributed by atoms with Crippen molar-refractivity contribution in [2.24, 2.45) is 5.92 Å². The fraction of sp³-hybridized carbons (Fsp3) is 0.440. The van der Waals surface area contributed by atoms with Gasteiger partial charge in [-0.25, -0.2) is 14.2 Å². The number of rotatable bonds is 5. The van der Waals surface area contributed by atoms with E-state index in [2.05, 4.69) is 16.0 Å². The van der Waals surface area contributed by atoms with Gasteiger partial charge in [-0.2, -0.15) is 5.26 Å². The van der Waals surface area contributed by atoms with E-state index in [1.807, 2.05) is 6.07 Å². The fourth-order valence-corrected chi connectivity index (χ4v) is 5.08. The summed E-state index contributed by atoms with van der Waals surface area (Å²) in [6.45, 7) is 4.21. The smallest absolute Gasteiger partial charge is 0.407 e. The average Bonchev–Trinajstić information content (AvgIpc) is 3.29. The van der Waals surface area contributed by atoms with E-state index in [9.17, 15) is 19.1 Å². The number of anilines is 1. The standard InChI is InChI=1S/C25H28FN5O3/c1-2-31(25(33)34)22-16-30(15-21(22)18-4-6-20(26)7-5-18)24(32)19-9-11-29(12-10-19)23-8-3-17(13-27)14-28-23/h3-8,14,19,21-22H,2,9-12,15-16H2,1H3,(H,33,34)/t21-,22+/m0/s1. The van der Waals surface area contributed by atoms with Crippen LogP contribution < -0.4 is 4.90 Å². The predicted octanol–water partition coefficient (Wildman–Crippen LogP) is 3.30. The molecule has 2 saturated heterocycles. The van der Waals surface area contributed by atoms with Gasteiger partial charge in [-0.15, -0.1) is 0 Å². The average molecular weight is 466 g/mol. The van der Waals surface area contributed by atoms with Crippen molar-refractivity contribution in [3.8, 4) is 6.07 Å². The monoisotopic (exact) mass is 465 g/mol. The number of nitriles is 1. The van der Waals surface area contributed by atoms with E-state index in [1.165, 1.54) is 17.0 Å². The first-order valence-electron chi connectivity index (χ1n) is 11.6. The summed E-state index contributed by atoms with van der Waals surface area (Å²) < 4.78 is 13.5. The largest absolute Gasteiger partial charge is 0.465 e. The van der Waals surface area contributed by atoms with E-state index in [4.69, 9.17) is 5.26 Å². The normalized spacial score (nSPS) is 20.7. The van der Waals surface area contributed by atoms with Gasteiger partial charge in [0.1, 0.15) is 17.7 Å². The molecular formula is C25H28FN5O3. The quantitative estimate of drug-likeness (QED) is 0.727. The van der Waals surface area contributed by atoms with Crippen molar-refractivity contribution >= 4 is 17.8 Å². The van der Waals surface area contributed by atoms with Crippen LogP contribution in [0, 0.1) is 23.1 Å². The molecule has 0 spiro atoms. The Morgan fingerprint density at radius 2 is 1.88 bits per heavy atom. The zero-order valence-electron chi connectivity index (χ0n) is 19.1. The predicted molar refractivity (Wildman–Crippen MR) is 124 cm³/mol. The number of likely N-dealkylation sites (N-methyl/N-ethyl adjacent to an activating group) is 1. The molecule has 34 heavy (non-hydrogen) atoms. The Balaban J connectivity index is 1.44. The van der Waals surface area contributed by atoms with Crippen molar-refractivity contribution < 1.29 is 19.1 Å². The Labute approximate surface area is 198 Å². The molecule has 0 bridgehead atoms. The molecule has 4 rings (SSSR count). The minimum atomic E-state index is -1.02. The van der Waals surface area contributed by atoms with Crippen molar-refractivity contribution in [2.45, 2.75) is 31.7 Å². The molecular weight excluding hydrogens is 437 g/mol. The number of carbonyl (C=O) groups is 2. The van der Waals surface area contributed by atoms with E-state index in [-0.39, 0.29) is 29.6 Å². The number of halogens is 1. The fourth-order valence-electron chi connectivity index (χ4n) is 5.08. The lowest BCUT2D eigenvalue weighted by molar-refractivity contribution is -0.135. The first kappa shape index (κ1) is 23.5. The maximum atomic E-state index is 13.5. The minimum Gasteiger partial charge on any atom is -0.465 e. The van der Waals surface area contributed by atoms with Crippen LogP contribution in [0.25, 0.3) is 0 Å². The Morgan fingerprint density at radius 1 is 1.18 bits per heavy atom. The maximum absolute atomic E-state index is 13.5. The number of nitrogens with zero attached hydrogens (tertiary/aromatic N) is 5. The topological polar surface area (TPSA) is 101 Å². The van der Waals surface area contributed by atoms with Gasteiger partial charge in [-0.3, -0.25) is 4.79 Å². The first-order chi connectivity index (χ1) is 16.4. The highest BCUT2D eigenvalue weighted by atomic mass is 19.1. The van der Waals surface area contributed by atoms with Crippen LogP contribution >= 0.6 is 0 Å². The highest BCUT2D eigenvalue weighted by Crippen LogP contribution is 2.34. The number of piperidine rings is 1. The van der Waals surface area contributed by atoms with E-state index in [1.54, 1.807) is 36.2 Å². The number of amides is 2. The Morgan fingerprint density at radius 3 is 2.44 bits per heavy atom. The van der Waals surface area contributed by atoms with Gasteiger partial charge in [0.05, 0.1) is 11.6 Å². The molecule has 0 radical (unpaired) electrons. The zero-order valence-corrected chi connectivity index (χ0v) is 19.1. The highest BCUT2D eigenvalue weighted by Gasteiger charge is 2.42. The van der Waals surface area contributed by atoms with Crippen LogP contribution in [0.1, 0.15) is 36.8 Å². The van der Waals surface area contributed by atoms with Gasteiger partial charge in [0.2, 0.25) is 5.91 Å². The highest BCUT2D eigenvalue weighted by molar-refractivity contribution is 5.80. The summed E-state index contributed by atoms with van der Waals surface area (Å²) in [6, 6.07) is 11.4. The van der Waals surface area contributed by atoms with E-state index in [0.717, 1.165) is 11.4 Å². The molecule has 2 aromatic rings. The van der Waals surface area contributed by atoms with Crippen LogP contribution in [0.4, 0.5) is 15.0 Å². The Kier molecular flexibility index (Phi) is 6.96. The van der Waals surface area contributed by atoms with Crippen molar-refractivity contribution in [1.82, 2.24) is 14.8 Å². The van der Waals surface area contributed by atoms with Gasteiger partial charge in [-0.05, 0) is 49.6 Å². The molecule has 0 saturated carbocycles. The second-order valence-electron chi connectivity index (χ2n) is 8.82. The lowest BCUT2D eigenvalue weighted by Crippen LogP contribution is -2.45. The number of benzene rings is 1. The molecule has 1 aromatic heterocycles. The Bertz CT molecular complexity index is 1060. The number of carboxylic acid groups (broad SMARTS) is 1. The van der Waals surface area contributed by atoms with Gasteiger partial charge in [0.25, 0.3) is 0 Å². The number of likely N-dealkylation sites (tertiary alicyclic amines) is 1. The molecule has 3 heterocycles. The molecule has 2 aliphatic rings. The lowest BCUT2D eigenvalue weighted by atomic mass is 9.93. The molecule has 8 nitrogen and oxygen atoms in total. The summed E-state index contributed by atoms with van der Waals surface area (Å²) in [6.07, 6.45) is 1.89. The SMILES string of the molecule is CCN(C(=O)O)[C@@H]1CN(C(=O)C2CCN(c3ccc(C#N)cn3)CC2)C[C@H]1c1ccc(F)cc1. The molecule has 2 amide bonds. The second kappa shape index (κ2) is 10.1. The summed E-state index contributed by atoms with van der Waals surface area (Å²) in [5, 5.41) is 18.7. The van der Waals surface area contributed by atoms with E-state index in [0.29, 0.717) is 51.1 Å². The molecule has 2 atom stereocenters. The Hall–Kier alpha value is -3.67. The number of pyridine rings is 1. The second-order valence-corrected chi connectivity index (χ2v) is 8.82. The molecule has 1 aromatic carbocycles. The van der Waals surface area contributed by atoms with Crippen LogP contribution in [0.15, 0.2) is 42.6 Å². The van der Waals surface area contributed by atoms with Crippen LogP contribution in [-0.2, 0) is 4.79 Å². The third-order valence-corrected chi connectivity index (χ3v) is 6.93. The third kappa shape index (κ3) is 4.81. The maximum Gasteiger partial charge on any atom is 0.407 e. The minimum absolute atomic E-state index is 0.0449. The van der Waals surface area contributed by atoms with Crippen LogP contribution in [0.2, 0.25) is 0 Å². The third-order valence-electron chi connectivity index (χ3n) is 6.93. The summed E-state index contributed by atoms with van der Waals surface area (Å²) in [4.78, 5) is 34.9. The lowest BCUT2D eigenvalue weighted by Gasteiger charge is -2.34. The van der Waals surface area contributed by atoms with Gasteiger partial charge in [-0.1, -0.05) is 12.1 Å². The van der Waals surface area contributed by atoms with E-state index < -0.39 is 6.09 Å². The van der Waals surface area contributed by atoms with Crippen molar-refractivity contribution in [2.75, 3.05) is 37.6 Å². The molecule has 2 aliphatic heterocycles. The van der Waals surface area contributed by atoms with Gasteiger partial charge in [0.15, 0.2) is 0 Å². The summed E-state index contributed by atoms with van der Waals surface area (Å²) >= 11 is 0. The molecule has 9 heteroatoms. The van der Waals surface area contributed by atoms with Gasteiger partial charge in [0, 0.05) is 50.8 Å². The van der Waals surface area contributed by atoms with Gasteiger partial charge >= 0.3 is 6.09 Å².